The summed E-state index contributed by atoms with van der Waals surface area (Å²) in [5, 5.41) is 7.38. The summed E-state index contributed by atoms with van der Waals surface area (Å²) in [4.78, 5) is 35.3. The van der Waals surface area contributed by atoms with Crippen LogP contribution >= 0.6 is 0 Å². The van der Waals surface area contributed by atoms with Crippen molar-refractivity contribution in [1.82, 2.24) is 14.9 Å². The number of amides is 1. The first kappa shape index (κ1) is 13.7. The minimum atomic E-state index is -0.405. The number of fused-ring (bicyclic) bond motifs is 1. The van der Waals surface area contributed by atoms with Gasteiger partial charge in [-0.25, -0.2) is 9.77 Å². The normalized spacial score (nSPS) is 10.5. The number of nitrogens with zero attached hydrogens (tertiary/aromatic N) is 2. The molecule has 1 amide bonds. The van der Waals surface area contributed by atoms with E-state index >= 15 is 0 Å². The van der Waals surface area contributed by atoms with Crippen LogP contribution in [0.2, 0.25) is 0 Å². The van der Waals surface area contributed by atoms with Gasteiger partial charge in [0, 0.05) is 17.6 Å². The van der Waals surface area contributed by atoms with Gasteiger partial charge >= 0.3 is 0 Å². The first-order chi connectivity index (χ1) is 10.6. The minimum absolute atomic E-state index is 0.0569. The summed E-state index contributed by atoms with van der Waals surface area (Å²) in [6.07, 6.45) is 1.40. The van der Waals surface area contributed by atoms with Crippen LogP contribution in [0.25, 0.3) is 10.8 Å². The summed E-state index contributed by atoms with van der Waals surface area (Å²) in [6, 6.07) is 11.5. The lowest BCUT2D eigenvalue weighted by Crippen LogP contribution is -2.33. The molecule has 0 bridgehead atoms. The number of aromatic amines is 1. The maximum atomic E-state index is 12.1. The number of H-pyrrole nitrogens is 1. The quantitative estimate of drug-likeness (QED) is 0.731. The van der Waals surface area contributed by atoms with Crippen LogP contribution in [-0.2, 0) is 11.2 Å². The predicted octanol–water partition coefficient (Wildman–Crippen LogP) is 0.398. The van der Waals surface area contributed by atoms with Gasteiger partial charge in [0.25, 0.3) is 11.1 Å². The third-order valence-electron chi connectivity index (χ3n) is 3.17. The maximum absolute atomic E-state index is 12.1. The molecular weight excluding hydrogens is 284 g/mol. The van der Waals surface area contributed by atoms with E-state index in [4.69, 9.17) is 0 Å². The second-order valence-electron chi connectivity index (χ2n) is 4.67. The van der Waals surface area contributed by atoms with E-state index in [2.05, 4.69) is 15.6 Å². The molecule has 2 N–H and O–H groups in total. The number of carbonyl (C=O) groups excluding carboxylic acids is 1. The number of nitrogens with one attached hydrogen (secondary N) is 2. The SMILES string of the molecule is O=C(Cc1n[nH]c(=O)c2ccccc12)Nn1ccccc1=O. The van der Waals surface area contributed by atoms with E-state index in [1.165, 1.54) is 12.3 Å². The zero-order valence-corrected chi connectivity index (χ0v) is 11.4. The van der Waals surface area contributed by atoms with E-state index in [1.807, 2.05) is 0 Å². The molecule has 0 aliphatic heterocycles. The van der Waals surface area contributed by atoms with Crippen molar-refractivity contribution in [2.75, 3.05) is 5.43 Å². The summed E-state index contributed by atoms with van der Waals surface area (Å²) in [5.41, 5.74) is 2.27. The topological polar surface area (TPSA) is 96.8 Å². The Hall–Kier alpha value is -3.22. The van der Waals surface area contributed by atoms with Gasteiger partial charge in [0.1, 0.15) is 0 Å². The summed E-state index contributed by atoms with van der Waals surface area (Å²) in [6.45, 7) is 0. The van der Waals surface area contributed by atoms with E-state index in [0.29, 0.717) is 16.5 Å². The number of rotatable bonds is 3. The molecule has 22 heavy (non-hydrogen) atoms. The third-order valence-corrected chi connectivity index (χ3v) is 3.17. The Kier molecular flexibility index (Phi) is 3.53. The van der Waals surface area contributed by atoms with Crippen LogP contribution in [0.15, 0.2) is 58.3 Å². The third kappa shape index (κ3) is 2.64. The average molecular weight is 296 g/mol. The fraction of sp³-hybridized carbons (Fsp3) is 0.0667. The minimum Gasteiger partial charge on any atom is -0.273 e. The number of aromatic nitrogens is 3. The fourth-order valence-corrected chi connectivity index (χ4v) is 2.15. The lowest BCUT2D eigenvalue weighted by Gasteiger charge is -2.08. The highest BCUT2D eigenvalue weighted by molar-refractivity contribution is 5.91. The van der Waals surface area contributed by atoms with Crippen molar-refractivity contribution in [1.29, 1.82) is 0 Å². The molecular formula is C15H12N4O3. The van der Waals surface area contributed by atoms with Gasteiger partial charge < -0.3 is 0 Å². The zero-order chi connectivity index (χ0) is 15.5. The van der Waals surface area contributed by atoms with Crippen molar-refractivity contribution in [3.05, 3.63) is 75.1 Å². The molecule has 7 heteroatoms. The molecule has 1 aromatic carbocycles. The van der Waals surface area contributed by atoms with Crippen molar-refractivity contribution in [2.45, 2.75) is 6.42 Å². The molecule has 2 heterocycles. The molecule has 110 valence electrons. The number of pyridine rings is 1. The molecule has 3 aromatic rings. The van der Waals surface area contributed by atoms with Crippen LogP contribution in [0.3, 0.4) is 0 Å². The molecule has 0 saturated carbocycles. The van der Waals surface area contributed by atoms with E-state index < -0.39 is 5.91 Å². The van der Waals surface area contributed by atoms with Gasteiger partial charge in [0.05, 0.1) is 17.5 Å². The molecule has 0 aliphatic rings. The second-order valence-corrected chi connectivity index (χ2v) is 4.67. The number of carbonyl (C=O) groups is 1. The first-order valence-electron chi connectivity index (χ1n) is 6.59. The molecule has 0 spiro atoms. The Balaban J connectivity index is 1.89. The highest BCUT2D eigenvalue weighted by Crippen LogP contribution is 2.12. The van der Waals surface area contributed by atoms with Crippen molar-refractivity contribution in [3.63, 3.8) is 0 Å². The van der Waals surface area contributed by atoms with E-state index in [-0.39, 0.29) is 17.5 Å². The van der Waals surface area contributed by atoms with Gasteiger partial charge in [-0.2, -0.15) is 5.10 Å². The molecule has 0 unspecified atom stereocenters. The Morgan fingerprint density at radius 2 is 1.82 bits per heavy atom. The standard InChI is InChI=1S/C15H12N4O3/c20-13(18-19-8-4-3-7-14(19)21)9-12-10-5-1-2-6-11(10)15(22)17-16-12/h1-8H,9H2,(H,17,22)(H,18,20). The first-order valence-corrected chi connectivity index (χ1v) is 6.59. The summed E-state index contributed by atoms with van der Waals surface area (Å²) >= 11 is 0. The van der Waals surface area contributed by atoms with Crippen LogP contribution < -0.4 is 16.5 Å². The Labute approximate surface area is 124 Å². The molecule has 0 saturated heterocycles. The average Bonchev–Trinajstić information content (AvgIpc) is 2.53. The number of hydrogen-bond donors (Lipinski definition) is 2. The lowest BCUT2D eigenvalue weighted by atomic mass is 10.1. The number of benzene rings is 1. The van der Waals surface area contributed by atoms with Crippen molar-refractivity contribution >= 4 is 16.7 Å². The summed E-state index contributed by atoms with van der Waals surface area (Å²) < 4.78 is 1.09. The fourth-order valence-electron chi connectivity index (χ4n) is 2.15. The monoisotopic (exact) mass is 296 g/mol. The van der Waals surface area contributed by atoms with Gasteiger partial charge in [-0.15, -0.1) is 0 Å². The van der Waals surface area contributed by atoms with Crippen LogP contribution in [0.4, 0.5) is 0 Å². The van der Waals surface area contributed by atoms with Crippen molar-refractivity contribution in [3.8, 4) is 0 Å². The Morgan fingerprint density at radius 1 is 1.09 bits per heavy atom. The molecule has 0 radical (unpaired) electrons. The zero-order valence-electron chi connectivity index (χ0n) is 11.4. The van der Waals surface area contributed by atoms with Crippen LogP contribution in [0.1, 0.15) is 5.69 Å². The van der Waals surface area contributed by atoms with Crippen molar-refractivity contribution < 1.29 is 4.79 Å². The lowest BCUT2D eigenvalue weighted by molar-refractivity contribution is -0.116. The molecule has 0 atom stereocenters. The Morgan fingerprint density at radius 3 is 2.59 bits per heavy atom. The van der Waals surface area contributed by atoms with E-state index in [0.717, 1.165) is 4.68 Å². The van der Waals surface area contributed by atoms with Crippen LogP contribution in [0, 0.1) is 0 Å². The molecule has 3 rings (SSSR count). The van der Waals surface area contributed by atoms with E-state index in [1.54, 1.807) is 36.4 Å². The molecule has 2 aromatic heterocycles. The molecule has 0 aliphatic carbocycles. The maximum Gasteiger partial charge on any atom is 0.272 e. The molecule has 7 nitrogen and oxygen atoms in total. The Bertz CT molecular complexity index is 958. The van der Waals surface area contributed by atoms with Gasteiger partial charge in [0.15, 0.2) is 0 Å². The van der Waals surface area contributed by atoms with Gasteiger partial charge in [0.2, 0.25) is 5.91 Å². The van der Waals surface area contributed by atoms with Crippen LogP contribution in [-0.4, -0.2) is 20.8 Å². The predicted molar refractivity (Wildman–Crippen MR) is 81.1 cm³/mol. The highest BCUT2D eigenvalue weighted by atomic mass is 16.2. The van der Waals surface area contributed by atoms with Crippen molar-refractivity contribution in [2.24, 2.45) is 0 Å². The van der Waals surface area contributed by atoms with Gasteiger partial charge in [-0.1, -0.05) is 24.3 Å². The van der Waals surface area contributed by atoms with Gasteiger partial charge in [-0.05, 0) is 12.1 Å². The van der Waals surface area contributed by atoms with Gasteiger partial charge in [-0.3, -0.25) is 19.8 Å². The summed E-state index contributed by atoms with van der Waals surface area (Å²) in [5.74, 6) is -0.405. The second kappa shape index (κ2) is 5.65. The smallest absolute Gasteiger partial charge is 0.272 e. The number of hydrogen-bond acceptors (Lipinski definition) is 4. The van der Waals surface area contributed by atoms with E-state index in [9.17, 15) is 14.4 Å². The largest absolute Gasteiger partial charge is 0.273 e. The highest BCUT2D eigenvalue weighted by Gasteiger charge is 2.11. The summed E-state index contributed by atoms with van der Waals surface area (Å²) in [7, 11) is 0. The van der Waals surface area contributed by atoms with Crippen LogP contribution in [0.5, 0.6) is 0 Å². The molecule has 0 fully saturated rings.